The van der Waals surface area contributed by atoms with Gasteiger partial charge in [0.25, 0.3) is 0 Å². The largest absolute Gasteiger partial charge is 0.468 e. The van der Waals surface area contributed by atoms with E-state index in [1.54, 1.807) is 24.2 Å². The Bertz CT molecular complexity index is 414. The third-order valence-electron chi connectivity index (χ3n) is 2.00. The van der Waals surface area contributed by atoms with Crippen LogP contribution in [-0.4, -0.2) is 4.98 Å². The Morgan fingerprint density at radius 1 is 1.33 bits per heavy atom. The molecule has 0 saturated carbocycles. The molecular formula is C11H12N2OS. The molecule has 15 heavy (non-hydrogen) atoms. The van der Waals surface area contributed by atoms with Gasteiger partial charge in [-0.3, -0.25) is 0 Å². The minimum Gasteiger partial charge on any atom is -0.468 e. The molecule has 0 aliphatic carbocycles. The topological polar surface area (TPSA) is 52.0 Å². The van der Waals surface area contributed by atoms with Crippen molar-refractivity contribution in [1.82, 2.24) is 4.98 Å². The van der Waals surface area contributed by atoms with Crippen LogP contribution in [0.2, 0.25) is 0 Å². The summed E-state index contributed by atoms with van der Waals surface area (Å²) in [6, 6.07) is 7.74. The van der Waals surface area contributed by atoms with Crippen LogP contribution >= 0.6 is 11.8 Å². The first-order valence-electron chi connectivity index (χ1n) is 4.69. The molecule has 0 aliphatic rings. The van der Waals surface area contributed by atoms with Gasteiger partial charge in [0.1, 0.15) is 10.8 Å². The van der Waals surface area contributed by atoms with Crippen LogP contribution in [0.15, 0.2) is 46.2 Å². The minimum absolute atomic E-state index is 0.522. The Hall–Kier alpha value is -1.26. The molecule has 3 nitrogen and oxygen atoms in total. The number of thioether (sulfide) groups is 1. The molecule has 0 amide bonds. The fourth-order valence-corrected chi connectivity index (χ4v) is 2.16. The van der Waals surface area contributed by atoms with Gasteiger partial charge in [0, 0.05) is 12.7 Å². The van der Waals surface area contributed by atoms with Crippen LogP contribution in [0, 0.1) is 0 Å². The highest BCUT2D eigenvalue weighted by atomic mass is 32.2. The molecule has 0 saturated heterocycles. The average Bonchev–Trinajstić information content (AvgIpc) is 2.79. The number of nitrogens with two attached hydrogens (primary N) is 1. The van der Waals surface area contributed by atoms with Crippen molar-refractivity contribution < 1.29 is 4.42 Å². The van der Waals surface area contributed by atoms with E-state index in [9.17, 15) is 0 Å². The van der Waals surface area contributed by atoms with Crippen LogP contribution in [-0.2, 0) is 12.3 Å². The van der Waals surface area contributed by atoms with E-state index in [0.29, 0.717) is 6.54 Å². The van der Waals surface area contributed by atoms with Crippen molar-refractivity contribution in [3.63, 3.8) is 0 Å². The number of hydrogen-bond donors (Lipinski definition) is 1. The molecule has 4 heteroatoms. The summed E-state index contributed by atoms with van der Waals surface area (Å²) in [4.78, 5) is 4.29. The second kappa shape index (κ2) is 5.00. The summed E-state index contributed by atoms with van der Waals surface area (Å²) in [7, 11) is 0. The molecule has 0 bridgehead atoms. The lowest BCUT2D eigenvalue weighted by Gasteiger charge is -2.03. The van der Waals surface area contributed by atoms with Crippen LogP contribution in [0.4, 0.5) is 0 Å². The van der Waals surface area contributed by atoms with Crippen molar-refractivity contribution in [3.8, 4) is 0 Å². The van der Waals surface area contributed by atoms with Gasteiger partial charge in [0.2, 0.25) is 0 Å². The summed E-state index contributed by atoms with van der Waals surface area (Å²) in [6.07, 6.45) is 3.46. The summed E-state index contributed by atoms with van der Waals surface area (Å²) in [5.74, 6) is 1.74. The minimum atomic E-state index is 0.522. The van der Waals surface area contributed by atoms with Gasteiger partial charge in [-0.05, 0) is 23.8 Å². The molecule has 0 spiro atoms. The quantitative estimate of drug-likeness (QED) is 0.804. The normalized spacial score (nSPS) is 10.5. The summed E-state index contributed by atoms with van der Waals surface area (Å²) in [6.45, 7) is 0.522. The van der Waals surface area contributed by atoms with Crippen molar-refractivity contribution in [2.45, 2.75) is 17.3 Å². The maximum Gasteiger partial charge on any atom is 0.114 e. The maximum atomic E-state index is 5.62. The van der Waals surface area contributed by atoms with E-state index >= 15 is 0 Å². The molecule has 2 N–H and O–H groups in total. The third kappa shape index (κ3) is 2.61. The van der Waals surface area contributed by atoms with E-state index in [4.69, 9.17) is 10.2 Å². The molecule has 0 unspecified atom stereocenters. The van der Waals surface area contributed by atoms with E-state index in [2.05, 4.69) is 4.98 Å². The van der Waals surface area contributed by atoms with Gasteiger partial charge in [-0.2, -0.15) is 0 Å². The Balaban J connectivity index is 2.04. The van der Waals surface area contributed by atoms with E-state index in [1.807, 2.05) is 24.3 Å². The van der Waals surface area contributed by atoms with Crippen LogP contribution in [0.5, 0.6) is 0 Å². The summed E-state index contributed by atoms with van der Waals surface area (Å²) in [5.41, 5.74) is 6.70. The van der Waals surface area contributed by atoms with Crippen molar-refractivity contribution in [3.05, 3.63) is 48.0 Å². The molecule has 78 valence electrons. The fourth-order valence-electron chi connectivity index (χ4n) is 1.24. The van der Waals surface area contributed by atoms with Crippen LogP contribution in [0.25, 0.3) is 0 Å². The highest BCUT2D eigenvalue weighted by Crippen LogP contribution is 2.23. The number of nitrogens with zero attached hydrogens (tertiary/aromatic N) is 1. The zero-order valence-corrected chi connectivity index (χ0v) is 9.04. The average molecular weight is 220 g/mol. The Morgan fingerprint density at radius 3 is 3.00 bits per heavy atom. The van der Waals surface area contributed by atoms with Crippen molar-refractivity contribution in [2.24, 2.45) is 5.73 Å². The molecule has 2 heterocycles. The van der Waals surface area contributed by atoms with Gasteiger partial charge in [0.15, 0.2) is 0 Å². The third-order valence-corrected chi connectivity index (χ3v) is 3.07. The van der Waals surface area contributed by atoms with Crippen LogP contribution in [0.3, 0.4) is 0 Å². The monoisotopic (exact) mass is 220 g/mol. The molecule has 0 fully saturated rings. The van der Waals surface area contributed by atoms with Gasteiger partial charge in [0.05, 0.1) is 12.0 Å². The number of pyridine rings is 1. The predicted molar refractivity (Wildman–Crippen MR) is 60.4 cm³/mol. The van der Waals surface area contributed by atoms with E-state index in [0.717, 1.165) is 22.1 Å². The van der Waals surface area contributed by atoms with Crippen molar-refractivity contribution in [1.29, 1.82) is 0 Å². The smallest absolute Gasteiger partial charge is 0.114 e. The lowest BCUT2D eigenvalue weighted by atomic mass is 10.3. The van der Waals surface area contributed by atoms with Crippen LogP contribution in [0.1, 0.15) is 11.3 Å². The fraction of sp³-hybridized carbons (Fsp3) is 0.182. The summed E-state index contributed by atoms with van der Waals surface area (Å²) < 4.78 is 5.25. The standard InChI is InChI=1S/C11H12N2OS/c12-7-9-3-1-5-13-11(9)15-8-10-4-2-6-14-10/h1-6H,7-8,12H2. The van der Waals surface area contributed by atoms with E-state index in [1.165, 1.54) is 0 Å². The molecule has 0 radical (unpaired) electrons. The SMILES string of the molecule is NCc1cccnc1SCc1ccco1. The van der Waals surface area contributed by atoms with Gasteiger partial charge in [-0.25, -0.2) is 4.98 Å². The zero-order valence-electron chi connectivity index (χ0n) is 8.22. The second-order valence-electron chi connectivity index (χ2n) is 3.04. The molecule has 2 aromatic heterocycles. The Kier molecular flexibility index (Phi) is 3.42. The molecule has 0 aromatic carbocycles. The van der Waals surface area contributed by atoms with Gasteiger partial charge < -0.3 is 10.2 Å². The van der Waals surface area contributed by atoms with E-state index < -0.39 is 0 Å². The Morgan fingerprint density at radius 2 is 2.27 bits per heavy atom. The molecule has 0 aliphatic heterocycles. The van der Waals surface area contributed by atoms with Crippen molar-refractivity contribution >= 4 is 11.8 Å². The van der Waals surface area contributed by atoms with Gasteiger partial charge in [-0.1, -0.05) is 17.8 Å². The first kappa shape index (κ1) is 10.3. The van der Waals surface area contributed by atoms with Crippen LogP contribution < -0.4 is 5.73 Å². The van der Waals surface area contributed by atoms with Crippen molar-refractivity contribution in [2.75, 3.05) is 0 Å². The van der Waals surface area contributed by atoms with Gasteiger partial charge >= 0.3 is 0 Å². The first-order chi connectivity index (χ1) is 7.40. The molecule has 0 atom stereocenters. The highest BCUT2D eigenvalue weighted by molar-refractivity contribution is 7.98. The number of aromatic nitrogens is 1. The molecule has 2 rings (SSSR count). The highest BCUT2D eigenvalue weighted by Gasteiger charge is 2.03. The lowest BCUT2D eigenvalue weighted by molar-refractivity contribution is 0.530. The molecule has 2 aromatic rings. The summed E-state index contributed by atoms with van der Waals surface area (Å²) >= 11 is 1.64. The lowest BCUT2D eigenvalue weighted by Crippen LogP contribution is -1.99. The Labute approximate surface area is 92.7 Å². The number of furan rings is 1. The van der Waals surface area contributed by atoms with Gasteiger partial charge in [-0.15, -0.1) is 0 Å². The number of rotatable bonds is 4. The summed E-state index contributed by atoms with van der Waals surface area (Å²) in [5, 5.41) is 0.983. The second-order valence-corrected chi connectivity index (χ2v) is 4.00. The van der Waals surface area contributed by atoms with E-state index in [-0.39, 0.29) is 0 Å². The number of hydrogen-bond acceptors (Lipinski definition) is 4. The zero-order chi connectivity index (χ0) is 10.5. The molecular weight excluding hydrogens is 208 g/mol. The maximum absolute atomic E-state index is 5.62. The first-order valence-corrected chi connectivity index (χ1v) is 5.68. The predicted octanol–water partition coefficient (Wildman–Crippen LogP) is 2.43.